The number of carbonyl (C=O) groups is 2. The maximum absolute atomic E-state index is 11.0. The zero-order valence-corrected chi connectivity index (χ0v) is 15.5. The van der Waals surface area contributed by atoms with E-state index in [0.717, 1.165) is 5.56 Å². The lowest BCUT2D eigenvalue weighted by atomic mass is 10.0. The molecule has 0 aromatic heterocycles. The second-order valence-electron chi connectivity index (χ2n) is 6.37. The summed E-state index contributed by atoms with van der Waals surface area (Å²) in [6.45, 7) is 6.45. The average Bonchev–Trinajstić information content (AvgIpc) is 2.56. The van der Waals surface area contributed by atoms with E-state index in [1.807, 2.05) is 26.0 Å². The number of hydrogen-bond donors (Lipinski definition) is 5. The molecule has 2 atom stereocenters. The largest absolute Gasteiger partial charge is 0.492 e. The molecule has 0 heterocycles. The molecule has 0 bridgehead atoms. The number of ether oxygens (including phenoxy) is 1. The molecule has 0 aliphatic heterocycles. The Morgan fingerprint density at radius 3 is 2.38 bits per heavy atom. The van der Waals surface area contributed by atoms with Gasteiger partial charge in [0.15, 0.2) is 0 Å². The molecule has 0 unspecified atom stereocenters. The van der Waals surface area contributed by atoms with Crippen LogP contribution in [0.3, 0.4) is 0 Å². The van der Waals surface area contributed by atoms with Gasteiger partial charge in [-0.15, -0.1) is 0 Å². The van der Waals surface area contributed by atoms with Crippen molar-refractivity contribution in [1.29, 1.82) is 0 Å². The Bertz CT molecular complexity index is 562. The number of aliphatic hydroxyl groups is 1. The predicted octanol–water partition coefficient (Wildman–Crippen LogP) is 0.739. The van der Waals surface area contributed by atoms with Crippen LogP contribution < -0.4 is 20.7 Å². The first kappa shape index (κ1) is 21.7. The molecule has 1 rings (SSSR count). The van der Waals surface area contributed by atoms with E-state index in [9.17, 15) is 14.7 Å². The number of hydrogen-bond acceptors (Lipinski definition) is 5. The van der Waals surface area contributed by atoms with Crippen molar-refractivity contribution in [3.05, 3.63) is 29.8 Å². The molecule has 0 saturated heterocycles. The summed E-state index contributed by atoms with van der Waals surface area (Å²) >= 11 is 0. The van der Waals surface area contributed by atoms with Gasteiger partial charge < -0.3 is 30.9 Å². The minimum Gasteiger partial charge on any atom is -0.492 e. The van der Waals surface area contributed by atoms with Crippen LogP contribution in [0.5, 0.6) is 5.75 Å². The van der Waals surface area contributed by atoms with E-state index in [1.54, 1.807) is 12.1 Å². The van der Waals surface area contributed by atoms with E-state index >= 15 is 0 Å². The van der Waals surface area contributed by atoms with Crippen molar-refractivity contribution in [3.8, 4) is 5.75 Å². The standard InChI is InChI=1S/C18H29N3O5/c1-12(2)20-11-17(23)16(21-18(24)25)10-14-4-6-15(7-5-14)26-9-8-19-13(3)22/h4-7,12,16-17,20-21,23H,8-11H2,1-3H3,(H,19,22)(H,24,25)/t16-,17+/m0/s1. The quantitative estimate of drug-likeness (QED) is 0.368. The SMILES string of the molecule is CC(=O)NCCOc1ccc(C[C@H](NC(=O)O)[C@H](O)CNC(C)C)cc1. The number of carbonyl (C=O) groups excluding carboxylic acids is 1. The van der Waals surface area contributed by atoms with Gasteiger partial charge in [-0.3, -0.25) is 4.79 Å². The first-order valence-electron chi connectivity index (χ1n) is 8.65. The first-order chi connectivity index (χ1) is 12.3. The second-order valence-corrected chi connectivity index (χ2v) is 6.37. The first-order valence-corrected chi connectivity index (χ1v) is 8.65. The van der Waals surface area contributed by atoms with Crippen LogP contribution in [-0.2, 0) is 11.2 Å². The fraction of sp³-hybridized carbons (Fsp3) is 0.556. The fourth-order valence-corrected chi connectivity index (χ4v) is 2.31. The maximum Gasteiger partial charge on any atom is 0.404 e. The normalized spacial score (nSPS) is 13.1. The highest BCUT2D eigenvalue weighted by atomic mass is 16.5. The van der Waals surface area contributed by atoms with Crippen LogP contribution in [0.1, 0.15) is 26.3 Å². The topological polar surface area (TPSA) is 120 Å². The van der Waals surface area contributed by atoms with Crippen LogP contribution in [0.4, 0.5) is 4.79 Å². The lowest BCUT2D eigenvalue weighted by Crippen LogP contribution is -2.49. The van der Waals surface area contributed by atoms with Crippen molar-refractivity contribution in [2.75, 3.05) is 19.7 Å². The molecular formula is C18H29N3O5. The molecule has 26 heavy (non-hydrogen) atoms. The molecule has 8 nitrogen and oxygen atoms in total. The summed E-state index contributed by atoms with van der Waals surface area (Å²) in [6.07, 6.45) is -1.65. The summed E-state index contributed by atoms with van der Waals surface area (Å²) < 4.78 is 5.51. The number of aliphatic hydroxyl groups excluding tert-OH is 1. The number of amides is 2. The summed E-state index contributed by atoms with van der Waals surface area (Å²) in [4.78, 5) is 21.8. The van der Waals surface area contributed by atoms with E-state index in [-0.39, 0.29) is 11.9 Å². The Morgan fingerprint density at radius 1 is 1.19 bits per heavy atom. The van der Waals surface area contributed by atoms with Gasteiger partial charge in [0.1, 0.15) is 12.4 Å². The molecule has 1 aromatic carbocycles. The Hall–Kier alpha value is -2.32. The number of benzene rings is 1. The lowest BCUT2D eigenvalue weighted by Gasteiger charge is -2.24. The second kappa shape index (κ2) is 11.3. The zero-order chi connectivity index (χ0) is 19.5. The van der Waals surface area contributed by atoms with Gasteiger partial charge in [0.25, 0.3) is 0 Å². The van der Waals surface area contributed by atoms with Crippen molar-refractivity contribution in [2.45, 2.75) is 45.4 Å². The molecular weight excluding hydrogens is 338 g/mol. The van der Waals surface area contributed by atoms with Crippen molar-refractivity contribution >= 4 is 12.0 Å². The highest BCUT2D eigenvalue weighted by Gasteiger charge is 2.21. The van der Waals surface area contributed by atoms with E-state index < -0.39 is 18.2 Å². The summed E-state index contributed by atoms with van der Waals surface area (Å²) in [7, 11) is 0. The van der Waals surface area contributed by atoms with Gasteiger partial charge in [0, 0.05) is 19.5 Å². The van der Waals surface area contributed by atoms with Crippen LogP contribution in [0.15, 0.2) is 24.3 Å². The van der Waals surface area contributed by atoms with E-state index in [0.29, 0.717) is 31.9 Å². The van der Waals surface area contributed by atoms with E-state index in [2.05, 4.69) is 16.0 Å². The Kier molecular flexibility index (Phi) is 9.46. The number of rotatable bonds is 11. The summed E-state index contributed by atoms with van der Waals surface area (Å²) in [6, 6.07) is 6.79. The van der Waals surface area contributed by atoms with Crippen LogP contribution in [0.25, 0.3) is 0 Å². The molecule has 0 aliphatic carbocycles. The van der Waals surface area contributed by atoms with Crippen molar-refractivity contribution in [1.82, 2.24) is 16.0 Å². The molecule has 5 N–H and O–H groups in total. The molecule has 1 aromatic rings. The minimum atomic E-state index is -1.17. The van der Waals surface area contributed by atoms with Gasteiger partial charge in [-0.2, -0.15) is 0 Å². The molecule has 0 radical (unpaired) electrons. The van der Waals surface area contributed by atoms with Gasteiger partial charge in [-0.25, -0.2) is 4.79 Å². The van der Waals surface area contributed by atoms with Crippen LogP contribution >= 0.6 is 0 Å². The maximum atomic E-state index is 11.0. The zero-order valence-electron chi connectivity index (χ0n) is 15.5. The third-order valence-electron chi connectivity index (χ3n) is 3.63. The summed E-state index contributed by atoms with van der Waals surface area (Å²) in [5.41, 5.74) is 0.876. The molecule has 0 aliphatic rings. The Morgan fingerprint density at radius 2 is 1.85 bits per heavy atom. The third-order valence-corrected chi connectivity index (χ3v) is 3.63. The number of nitrogens with one attached hydrogen (secondary N) is 3. The fourth-order valence-electron chi connectivity index (χ4n) is 2.31. The van der Waals surface area contributed by atoms with Crippen molar-refractivity contribution in [2.24, 2.45) is 0 Å². The Labute approximate surface area is 153 Å². The number of carboxylic acid groups (broad SMARTS) is 1. The highest BCUT2D eigenvalue weighted by Crippen LogP contribution is 2.14. The monoisotopic (exact) mass is 367 g/mol. The lowest BCUT2D eigenvalue weighted by molar-refractivity contribution is -0.119. The third kappa shape index (κ3) is 9.24. The molecule has 8 heteroatoms. The van der Waals surface area contributed by atoms with E-state index in [4.69, 9.17) is 9.84 Å². The molecule has 2 amide bonds. The molecule has 0 spiro atoms. The summed E-state index contributed by atoms with van der Waals surface area (Å²) in [5.74, 6) is 0.551. The molecule has 0 fully saturated rings. The summed E-state index contributed by atoms with van der Waals surface area (Å²) in [5, 5.41) is 27.4. The Balaban J connectivity index is 2.58. The van der Waals surface area contributed by atoms with Gasteiger partial charge in [0.05, 0.1) is 18.7 Å². The van der Waals surface area contributed by atoms with Gasteiger partial charge >= 0.3 is 6.09 Å². The van der Waals surface area contributed by atoms with E-state index in [1.165, 1.54) is 6.92 Å². The van der Waals surface area contributed by atoms with Crippen LogP contribution in [0.2, 0.25) is 0 Å². The van der Waals surface area contributed by atoms with Gasteiger partial charge in [-0.1, -0.05) is 26.0 Å². The molecule has 146 valence electrons. The van der Waals surface area contributed by atoms with Crippen molar-refractivity contribution < 1.29 is 24.5 Å². The smallest absolute Gasteiger partial charge is 0.404 e. The van der Waals surface area contributed by atoms with Crippen molar-refractivity contribution in [3.63, 3.8) is 0 Å². The van der Waals surface area contributed by atoms with Crippen LogP contribution in [-0.4, -0.2) is 60.1 Å². The minimum absolute atomic E-state index is 0.105. The molecule has 0 saturated carbocycles. The van der Waals surface area contributed by atoms with Crippen LogP contribution in [0, 0.1) is 0 Å². The highest BCUT2D eigenvalue weighted by molar-refractivity contribution is 5.72. The average molecular weight is 367 g/mol. The van der Waals surface area contributed by atoms with Gasteiger partial charge in [0.2, 0.25) is 5.91 Å². The predicted molar refractivity (Wildman–Crippen MR) is 98.4 cm³/mol. The van der Waals surface area contributed by atoms with Gasteiger partial charge in [-0.05, 0) is 24.1 Å².